The van der Waals surface area contributed by atoms with Gasteiger partial charge in [0, 0.05) is 11.5 Å². The molecule has 3 heterocycles. The topological polar surface area (TPSA) is 82.2 Å². The van der Waals surface area contributed by atoms with E-state index in [1.54, 1.807) is 22.1 Å². The highest BCUT2D eigenvalue weighted by Gasteiger charge is 2.20. The van der Waals surface area contributed by atoms with Crippen LogP contribution >= 0.6 is 11.3 Å². The molecule has 3 aromatic heterocycles. The first-order chi connectivity index (χ1) is 16.6. The molecule has 34 heavy (non-hydrogen) atoms. The largest absolute Gasteiger partial charge is 0.490 e. The van der Waals surface area contributed by atoms with E-state index >= 15 is 0 Å². The van der Waals surface area contributed by atoms with E-state index in [4.69, 9.17) is 14.1 Å². The van der Waals surface area contributed by atoms with Crippen LogP contribution in [0.1, 0.15) is 47.1 Å². The monoisotopic (exact) mass is 472 g/mol. The summed E-state index contributed by atoms with van der Waals surface area (Å²) >= 11 is 1.58. The first-order valence-corrected chi connectivity index (χ1v) is 12.4. The zero-order valence-electron chi connectivity index (χ0n) is 19.1. The number of benzene rings is 2. The average Bonchev–Trinajstić information content (AvgIpc) is 3.54. The Morgan fingerprint density at radius 3 is 2.82 bits per heavy atom. The second kappa shape index (κ2) is 8.29. The predicted molar refractivity (Wildman–Crippen MR) is 133 cm³/mol. The van der Waals surface area contributed by atoms with E-state index < -0.39 is 0 Å². The summed E-state index contributed by atoms with van der Waals surface area (Å²) in [5.41, 5.74) is 5.16. The fraction of sp³-hybridized carbons (Fsp3) is 0.269. The van der Waals surface area contributed by atoms with Gasteiger partial charge in [-0.2, -0.15) is 9.78 Å². The van der Waals surface area contributed by atoms with E-state index in [0.29, 0.717) is 23.8 Å². The number of thiazole rings is 1. The van der Waals surface area contributed by atoms with Gasteiger partial charge in [-0.15, -0.1) is 0 Å². The summed E-state index contributed by atoms with van der Waals surface area (Å²) in [7, 11) is 0. The number of furan rings is 1. The maximum atomic E-state index is 13.1. The highest BCUT2D eigenvalue weighted by atomic mass is 32.1. The van der Waals surface area contributed by atoms with Crippen molar-refractivity contribution in [3.05, 3.63) is 65.0 Å². The van der Waals surface area contributed by atoms with Gasteiger partial charge in [0.1, 0.15) is 5.82 Å². The maximum Gasteiger partial charge on any atom is 0.292 e. The molecule has 1 aliphatic carbocycles. The molecule has 0 spiro atoms. The van der Waals surface area contributed by atoms with Gasteiger partial charge < -0.3 is 14.5 Å². The molecule has 0 saturated heterocycles. The third-order valence-corrected chi connectivity index (χ3v) is 7.12. The normalized spacial score (nSPS) is 13.4. The Morgan fingerprint density at radius 1 is 1.18 bits per heavy atom. The van der Waals surface area contributed by atoms with Crippen LogP contribution in [0.3, 0.4) is 0 Å². The van der Waals surface area contributed by atoms with Crippen molar-refractivity contribution in [1.82, 2.24) is 14.8 Å². The number of nitrogens with one attached hydrogen (secondary N) is 1. The van der Waals surface area contributed by atoms with Crippen LogP contribution in [0.5, 0.6) is 5.75 Å². The molecule has 0 atom stereocenters. The van der Waals surface area contributed by atoms with Crippen molar-refractivity contribution in [3.63, 3.8) is 0 Å². The summed E-state index contributed by atoms with van der Waals surface area (Å²) in [4.78, 5) is 17.9. The lowest BCUT2D eigenvalue weighted by Gasteiger charge is -2.14. The fourth-order valence-electron chi connectivity index (χ4n) is 4.56. The number of rotatable bonds is 5. The zero-order valence-corrected chi connectivity index (χ0v) is 19.9. The van der Waals surface area contributed by atoms with Crippen molar-refractivity contribution in [2.24, 2.45) is 0 Å². The molecule has 1 aliphatic rings. The zero-order chi connectivity index (χ0) is 23.2. The first-order valence-electron chi connectivity index (χ1n) is 11.5. The average molecular weight is 473 g/mol. The van der Waals surface area contributed by atoms with Gasteiger partial charge in [0.05, 0.1) is 22.5 Å². The smallest absolute Gasteiger partial charge is 0.292 e. The molecule has 0 radical (unpaired) electrons. The number of ether oxygens (including phenoxy) is 1. The Morgan fingerprint density at radius 2 is 2.00 bits per heavy atom. The van der Waals surface area contributed by atoms with Gasteiger partial charge >= 0.3 is 0 Å². The molecular formula is C26H24N4O3S. The quantitative estimate of drug-likeness (QED) is 0.336. The van der Waals surface area contributed by atoms with Crippen LogP contribution in [-0.4, -0.2) is 27.3 Å². The molecule has 0 aliphatic heterocycles. The minimum atomic E-state index is -0.351. The molecule has 6 rings (SSSR count). The lowest BCUT2D eigenvalue weighted by Crippen LogP contribution is -2.14. The summed E-state index contributed by atoms with van der Waals surface area (Å²) in [5.74, 6) is 1.04. The number of aromatic nitrogens is 3. The summed E-state index contributed by atoms with van der Waals surface area (Å²) < 4.78 is 14.3. The van der Waals surface area contributed by atoms with E-state index in [9.17, 15) is 4.79 Å². The van der Waals surface area contributed by atoms with Crippen molar-refractivity contribution in [2.75, 3.05) is 11.9 Å². The van der Waals surface area contributed by atoms with E-state index in [1.807, 2.05) is 38.1 Å². The standard InChI is InChI=1S/C26H24N4O3S/c1-3-32-20-10-6-9-18-13-21(33-24(18)20)25(31)28-23-11-15(2)29-30(23)26-27-19-12-16-7-4-5-8-17(16)14-22(19)34-26/h6,9-14H,3-5,7-8H2,1-2H3,(H,28,31). The van der Waals surface area contributed by atoms with Crippen molar-refractivity contribution in [1.29, 1.82) is 0 Å². The number of nitrogens with zero attached hydrogens (tertiary/aromatic N) is 3. The highest BCUT2D eigenvalue weighted by Crippen LogP contribution is 2.33. The molecule has 0 bridgehead atoms. The molecule has 0 saturated carbocycles. The molecular weight excluding hydrogens is 448 g/mol. The minimum absolute atomic E-state index is 0.213. The molecule has 1 amide bonds. The second-order valence-corrected chi connectivity index (χ2v) is 9.56. The molecule has 0 unspecified atom stereocenters. The van der Waals surface area contributed by atoms with Gasteiger partial charge in [-0.1, -0.05) is 23.5 Å². The van der Waals surface area contributed by atoms with Crippen LogP contribution in [0, 0.1) is 6.92 Å². The third kappa shape index (κ3) is 3.64. The number of hydrogen-bond donors (Lipinski definition) is 1. The van der Waals surface area contributed by atoms with Crippen molar-refractivity contribution >= 4 is 44.2 Å². The molecule has 0 fully saturated rings. The predicted octanol–water partition coefficient (Wildman–Crippen LogP) is 6.07. The Balaban J connectivity index is 1.33. The van der Waals surface area contributed by atoms with E-state index in [2.05, 4.69) is 22.5 Å². The van der Waals surface area contributed by atoms with Gasteiger partial charge in [-0.05, 0) is 74.9 Å². The van der Waals surface area contributed by atoms with Crippen LogP contribution in [0.15, 0.2) is 46.9 Å². The fourth-order valence-corrected chi connectivity index (χ4v) is 5.54. The van der Waals surface area contributed by atoms with Crippen LogP contribution in [0.2, 0.25) is 0 Å². The Kier molecular flexibility index (Phi) is 5.10. The van der Waals surface area contributed by atoms with Crippen LogP contribution < -0.4 is 10.1 Å². The summed E-state index contributed by atoms with van der Waals surface area (Å²) in [6.07, 6.45) is 4.72. The number of carbonyl (C=O) groups is 1. The molecule has 7 nitrogen and oxygen atoms in total. The maximum absolute atomic E-state index is 13.1. The summed E-state index contributed by atoms with van der Waals surface area (Å²) in [6.45, 7) is 4.33. The number of hydrogen-bond acceptors (Lipinski definition) is 6. The molecule has 5 aromatic rings. The van der Waals surface area contributed by atoms with Crippen LogP contribution in [0.4, 0.5) is 5.82 Å². The number of aryl methyl sites for hydroxylation is 3. The van der Waals surface area contributed by atoms with E-state index in [-0.39, 0.29) is 11.7 Å². The highest BCUT2D eigenvalue weighted by molar-refractivity contribution is 7.20. The van der Waals surface area contributed by atoms with Gasteiger partial charge in [0.2, 0.25) is 5.13 Å². The molecule has 2 aromatic carbocycles. The van der Waals surface area contributed by atoms with Gasteiger partial charge in [-0.25, -0.2) is 4.98 Å². The summed E-state index contributed by atoms with van der Waals surface area (Å²) in [5, 5.41) is 9.09. The number of para-hydroxylation sites is 1. The number of anilines is 1. The van der Waals surface area contributed by atoms with Crippen molar-refractivity contribution in [3.8, 4) is 10.9 Å². The van der Waals surface area contributed by atoms with Crippen LogP contribution in [-0.2, 0) is 12.8 Å². The van der Waals surface area contributed by atoms with Gasteiger partial charge in [0.15, 0.2) is 17.1 Å². The molecule has 8 heteroatoms. The number of amides is 1. The molecule has 172 valence electrons. The Hall–Kier alpha value is -3.65. The number of carbonyl (C=O) groups excluding carboxylic acids is 1. The van der Waals surface area contributed by atoms with Crippen molar-refractivity contribution < 1.29 is 13.9 Å². The third-order valence-electron chi connectivity index (χ3n) is 6.13. The van der Waals surface area contributed by atoms with Gasteiger partial charge in [0.25, 0.3) is 5.91 Å². The van der Waals surface area contributed by atoms with Crippen molar-refractivity contribution in [2.45, 2.75) is 39.5 Å². The Labute approximate surface area is 200 Å². The van der Waals surface area contributed by atoms with E-state index in [0.717, 1.165) is 39.3 Å². The lowest BCUT2D eigenvalue weighted by atomic mass is 9.92. The first kappa shape index (κ1) is 20.9. The second-order valence-electron chi connectivity index (χ2n) is 8.55. The van der Waals surface area contributed by atoms with E-state index in [1.165, 1.54) is 24.0 Å². The van der Waals surface area contributed by atoms with Gasteiger partial charge in [-0.3, -0.25) is 4.79 Å². The Bertz CT molecular complexity index is 1500. The summed E-state index contributed by atoms with van der Waals surface area (Å²) in [6, 6.07) is 13.7. The molecule has 1 N–H and O–H groups in total. The SMILES string of the molecule is CCOc1cccc2cc(C(=O)Nc3cc(C)nn3-c3nc4cc5c(cc4s3)CCCC5)oc12. The lowest BCUT2D eigenvalue weighted by molar-refractivity contribution is 0.0998. The van der Waals surface area contributed by atoms with Crippen LogP contribution in [0.25, 0.3) is 26.3 Å². The number of fused-ring (bicyclic) bond motifs is 3. The minimum Gasteiger partial charge on any atom is -0.490 e.